The molecule has 50 heavy (non-hydrogen) atoms. The quantitative estimate of drug-likeness (QED) is 0.0434. The predicted octanol–water partition coefficient (Wildman–Crippen LogP) is 2.35. The monoisotopic (exact) mass is 758 g/mol. The molecule has 4 unspecified atom stereocenters. The van der Waals surface area contributed by atoms with Crippen LogP contribution >= 0.6 is 15.6 Å². The van der Waals surface area contributed by atoms with E-state index in [-0.39, 0.29) is 33.0 Å². The molecule has 18 heteroatoms. The first-order valence-corrected chi connectivity index (χ1v) is 19.2. The third-order valence-corrected chi connectivity index (χ3v) is 8.03. The lowest BCUT2D eigenvalue weighted by Crippen LogP contribution is -2.43. The highest BCUT2D eigenvalue weighted by Crippen LogP contribution is 2.29. The molecule has 0 heterocycles. The SMILES string of the molecule is CCO.CCO.C[P+](=O)C(F)C[C@@H](O)[C@@H](O)[C@@H](O)C=NOCc1ccccc1.C[P+](=O)C(F)C[C@@H](O)[C@@H](O)[C@@H](O)CNOCc1ccccc1. The van der Waals surface area contributed by atoms with Crippen molar-refractivity contribution in [3.8, 4) is 0 Å². The second-order valence-electron chi connectivity index (χ2n) is 10.4. The van der Waals surface area contributed by atoms with Gasteiger partial charge in [0.25, 0.3) is 11.8 Å². The van der Waals surface area contributed by atoms with E-state index in [9.17, 15) is 48.6 Å². The molecule has 0 aliphatic rings. The smallest absolute Gasteiger partial charge is 0.371 e. The van der Waals surface area contributed by atoms with Crippen LogP contribution in [-0.4, -0.2) is 129 Å². The third kappa shape index (κ3) is 25.5. The van der Waals surface area contributed by atoms with E-state index in [0.717, 1.165) is 17.3 Å². The van der Waals surface area contributed by atoms with Crippen molar-refractivity contribution in [3.63, 3.8) is 0 Å². The maximum Gasteiger partial charge on any atom is 0.371 e. The molecule has 14 nitrogen and oxygen atoms in total. The first-order valence-electron chi connectivity index (χ1n) is 15.6. The minimum absolute atomic E-state index is 0.139. The molecule has 0 aliphatic heterocycles. The molecule has 286 valence electrons. The number of hydrogen-bond donors (Lipinski definition) is 9. The van der Waals surface area contributed by atoms with Gasteiger partial charge >= 0.3 is 15.6 Å². The van der Waals surface area contributed by atoms with Crippen LogP contribution in [0.5, 0.6) is 0 Å². The number of alkyl halides is 2. The van der Waals surface area contributed by atoms with Gasteiger partial charge in [-0.3, -0.25) is 4.84 Å². The van der Waals surface area contributed by atoms with Crippen molar-refractivity contribution in [1.82, 2.24) is 5.48 Å². The van der Waals surface area contributed by atoms with Gasteiger partial charge in [-0.25, -0.2) is 0 Å². The molecule has 9 N–H and O–H groups in total. The predicted molar refractivity (Wildman–Crippen MR) is 187 cm³/mol. The number of aliphatic hydroxyl groups is 8. The normalized spacial score (nSPS) is 16.3. The average Bonchev–Trinajstić information content (AvgIpc) is 3.09. The van der Waals surface area contributed by atoms with Crippen molar-refractivity contribution in [2.24, 2.45) is 5.16 Å². The molecule has 0 aromatic heterocycles. The highest BCUT2D eigenvalue weighted by molar-refractivity contribution is 7.44. The third-order valence-electron chi connectivity index (χ3n) is 6.03. The zero-order valence-electron chi connectivity index (χ0n) is 28.7. The Bertz CT molecular complexity index is 1150. The second kappa shape index (κ2) is 31.3. The van der Waals surface area contributed by atoms with Crippen LogP contribution in [0.25, 0.3) is 0 Å². The summed E-state index contributed by atoms with van der Waals surface area (Å²) < 4.78 is 48.2. The number of nitrogens with one attached hydrogen (secondary N) is 1. The van der Waals surface area contributed by atoms with Crippen LogP contribution < -0.4 is 5.48 Å². The summed E-state index contributed by atoms with van der Waals surface area (Å²) in [5.74, 6) is -3.45. The van der Waals surface area contributed by atoms with E-state index in [1.807, 2.05) is 60.7 Å². The fraction of sp³-hybridized carbons (Fsp3) is 0.594. The highest BCUT2D eigenvalue weighted by atomic mass is 31.1. The lowest BCUT2D eigenvalue weighted by atomic mass is 10.1. The molecule has 0 amide bonds. The van der Waals surface area contributed by atoms with Crippen LogP contribution in [0.1, 0.15) is 37.8 Å². The average molecular weight is 759 g/mol. The first-order chi connectivity index (χ1) is 23.7. The van der Waals surface area contributed by atoms with Gasteiger partial charge in [0.15, 0.2) is 0 Å². The maximum absolute atomic E-state index is 13.2. The zero-order chi connectivity index (χ0) is 38.5. The van der Waals surface area contributed by atoms with E-state index in [2.05, 4.69) is 10.6 Å². The van der Waals surface area contributed by atoms with Gasteiger partial charge in [-0.15, -0.1) is 0 Å². The largest absolute Gasteiger partial charge is 0.397 e. The maximum atomic E-state index is 13.2. The Morgan fingerprint density at radius 2 is 1.12 bits per heavy atom. The molecule has 0 saturated heterocycles. The lowest BCUT2D eigenvalue weighted by Gasteiger charge is -2.22. The first kappa shape index (κ1) is 49.7. The molecule has 2 aromatic rings. The molecule has 0 radical (unpaired) electrons. The number of oxime groups is 1. The Labute approximate surface area is 293 Å². The number of halogens is 2. The number of hydroxylamine groups is 1. The van der Waals surface area contributed by atoms with Crippen molar-refractivity contribution >= 4 is 21.8 Å². The molecule has 0 bridgehead atoms. The summed E-state index contributed by atoms with van der Waals surface area (Å²) in [5, 5.41) is 76.4. The number of benzene rings is 2. The molecular weight excluding hydrogens is 704 g/mol. The van der Waals surface area contributed by atoms with Crippen molar-refractivity contribution < 1.29 is 68.4 Å². The Morgan fingerprint density at radius 1 is 0.720 bits per heavy atom. The van der Waals surface area contributed by atoms with Crippen molar-refractivity contribution in [2.45, 2.75) is 88.4 Å². The number of nitrogens with zero attached hydrogens (tertiary/aromatic N) is 1. The topological polar surface area (TPSA) is 239 Å². The van der Waals surface area contributed by atoms with Gasteiger partial charge in [0, 0.05) is 19.8 Å². The molecule has 0 spiro atoms. The van der Waals surface area contributed by atoms with E-state index in [1.165, 1.54) is 13.3 Å². The summed E-state index contributed by atoms with van der Waals surface area (Å²) in [7, 11) is -4.19. The van der Waals surface area contributed by atoms with Crippen LogP contribution in [0, 0.1) is 0 Å². The number of hydrogen-bond acceptors (Lipinski definition) is 14. The van der Waals surface area contributed by atoms with Crippen molar-refractivity contribution in [2.75, 3.05) is 33.1 Å². The van der Waals surface area contributed by atoms with Gasteiger partial charge in [-0.1, -0.05) is 74.9 Å². The summed E-state index contributed by atoms with van der Waals surface area (Å²) in [6, 6.07) is 18.5. The molecule has 0 aliphatic carbocycles. The van der Waals surface area contributed by atoms with Gasteiger partial charge in [-0.2, -0.15) is 14.3 Å². The van der Waals surface area contributed by atoms with E-state index in [4.69, 9.17) is 19.9 Å². The van der Waals surface area contributed by atoms with Crippen molar-refractivity contribution in [1.29, 1.82) is 0 Å². The van der Waals surface area contributed by atoms with E-state index < -0.39 is 76.9 Å². The summed E-state index contributed by atoms with van der Waals surface area (Å²) >= 11 is 0. The summed E-state index contributed by atoms with van der Waals surface area (Å²) in [4.78, 5) is 10.1. The molecule has 2 aromatic carbocycles. The highest BCUT2D eigenvalue weighted by Gasteiger charge is 2.34. The summed E-state index contributed by atoms with van der Waals surface area (Å²) in [6.07, 6.45) is -9.21. The minimum Gasteiger partial charge on any atom is -0.397 e. The fourth-order valence-corrected chi connectivity index (χ4v) is 4.34. The number of aliphatic hydroxyl groups excluding tert-OH is 8. The van der Waals surface area contributed by atoms with Gasteiger partial charge in [-0.05, 0) is 25.0 Å². The van der Waals surface area contributed by atoms with Gasteiger partial charge in [0.2, 0.25) is 0 Å². The molecule has 0 fully saturated rings. The van der Waals surface area contributed by atoms with Crippen LogP contribution in [0.2, 0.25) is 0 Å². The summed E-state index contributed by atoms with van der Waals surface area (Å²) in [5.41, 5.74) is 4.28. The Hall–Kier alpha value is -2.43. The minimum atomic E-state index is -2.11. The Morgan fingerprint density at radius 3 is 1.54 bits per heavy atom. The van der Waals surface area contributed by atoms with Crippen LogP contribution in [0.4, 0.5) is 8.78 Å². The van der Waals surface area contributed by atoms with E-state index in [1.54, 1.807) is 13.8 Å². The molecule has 10 atom stereocenters. The lowest BCUT2D eigenvalue weighted by molar-refractivity contribution is -0.0822. The number of rotatable bonds is 19. The van der Waals surface area contributed by atoms with Gasteiger partial charge < -0.3 is 45.7 Å². The molecule has 2 rings (SSSR count). The standard InChI is InChI=1S/C14H22FNO5P.C14H20FNO5P.2C2H6O/c2*1-22(20)13(15)7-11(17)14(19)12(18)8-16-21-9-10-5-3-2-4-6-10;2*1-2-3/h2-6,11-14,16-19H,7-9H2,1H3;2-6,8,11-14,17-19H,7,9H2,1H3;2*3H,2H2,1H3/q2*+1;;/t2*11-,12+,13?,14-;;/m11../s1. The summed E-state index contributed by atoms with van der Waals surface area (Å²) in [6.45, 7) is 6.57. The van der Waals surface area contributed by atoms with Crippen LogP contribution in [0.15, 0.2) is 65.8 Å². The Kier molecular flexibility index (Phi) is 31.1. The zero-order valence-corrected chi connectivity index (χ0v) is 30.5. The van der Waals surface area contributed by atoms with Crippen LogP contribution in [0.3, 0.4) is 0 Å². The molecular formula is C32H54F2N2O12P2+2. The van der Waals surface area contributed by atoms with Crippen LogP contribution in [-0.2, 0) is 32.0 Å². The van der Waals surface area contributed by atoms with E-state index >= 15 is 0 Å². The fourth-order valence-electron chi connectivity index (χ4n) is 3.31. The van der Waals surface area contributed by atoms with Gasteiger partial charge in [0.1, 0.15) is 38.2 Å². The second-order valence-corrected chi connectivity index (χ2v) is 13.7. The van der Waals surface area contributed by atoms with Gasteiger partial charge in [0.05, 0.1) is 44.0 Å². The van der Waals surface area contributed by atoms with E-state index in [0.29, 0.717) is 0 Å². The van der Waals surface area contributed by atoms with Crippen molar-refractivity contribution in [3.05, 3.63) is 71.8 Å². The molecule has 0 saturated carbocycles. The Balaban J connectivity index is 0.